The van der Waals surface area contributed by atoms with E-state index in [1.807, 2.05) is 84.3 Å². The summed E-state index contributed by atoms with van der Waals surface area (Å²) in [4.78, 5) is 111. The van der Waals surface area contributed by atoms with E-state index in [4.69, 9.17) is 85.1 Å². The first-order valence-corrected chi connectivity index (χ1v) is 46.1. The number of hydrogen-bond acceptors (Lipinski definition) is 17. The van der Waals surface area contributed by atoms with Gasteiger partial charge in [0.15, 0.2) is 40.5 Å². The summed E-state index contributed by atoms with van der Waals surface area (Å²) in [5.74, 6) is 3.71. The van der Waals surface area contributed by atoms with Crippen molar-refractivity contribution in [2.24, 2.45) is 128 Å². The Labute approximate surface area is 757 Å². The van der Waals surface area contributed by atoms with Gasteiger partial charge in [0, 0.05) is 104 Å². The van der Waals surface area contributed by atoms with Crippen LogP contribution in [0.25, 0.3) is 14.5 Å². The average molecular weight is 1810 g/mol. The van der Waals surface area contributed by atoms with E-state index in [9.17, 15) is 33.6 Å². The first kappa shape index (κ1) is 104. The van der Waals surface area contributed by atoms with E-state index in [1.54, 1.807) is 17.7 Å². The van der Waals surface area contributed by atoms with E-state index < -0.39 is 41.0 Å². The SMILES string of the molecule is C.C.CC1(C)C2ON=CC2C[C@]2(C)C3=CC(=O)CC[C@]3(C)CC[C@@H]12.CC1(C)c2oncc2C[C@]2(C)C3=CCCC[C@]3(C)CC[C@@H]12.Cl.ClCCl.O=CO.[C-]#[N+]C1=C[C@]2(C)C3=CC(=O)CC[C@]3(C)CC[C@H]2C(C)(C)C1=O.[C-]#[N+]C1=C[C@]2(C)C3=CC(=O)CC[C@]3(CN)CC[C@H]2C(C)(C)C1=O.[C-]#[N+]C1=C[C@]2(C)C3=CC(=O)CC[C@]3(CN)CC[C@H]2C(C)(C)C1=O.[O]=[Cr](=[O])=[O]. The number of carbonyl (C=O) groups is 8. The van der Waals surface area contributed by atoms with Gasteiger partial charge in [-0.25, -0.2) is 14.5 Å². The standard InChI is InChI=1S/2C19H24N2O2.C19H27NO2.C19H23NO2.C19H27NO.CH2Cl2.CH2O2.2CH4.ClH.Cr.3O/c2*1-17(2)14-6-8-19(11-20)7-5-12(22)9-15(19)18(14,3)10-13(21-4)16(17)23;1-17(2)14-6-8-18(3)7-5-13(21)9-15(18)19(14,4)10-12-11-20-22-16(12)17;1-17(2)14-7-9-18(3)8-6-12(21)10-15(18)19(14,4)11-13(20-5)16(17)22;1-17(2)14-8-10-18(3)9-6-5-7-15(18)19(14,4)11-13-12-20-21-16(13)17;2*2-1-3;;;;;;;/h2*9-10,14H,5-8,11,20H2,1-3H3;9,11-12,14,16H,5-8,10H2,1-4H3;10-11,14H,6-9H2,1-4H3;7,12,14H,5-6,8-11H2,1-4H3;1H2;1H,(H,2,3);2*1H4;1H;;;;/t2*14-,18-,19+;12?,14-,16?,18+,19-;2*14-,18+,19-;;;;;;;;;/m00000........./s1. The molecule has 1 aromatic heterocycles. The fourth-order valence-corrected chi connectivity index (χ4v) is 28.2. The van der Waals surface area contributed by atoms with Crippen molar-refractivity contribution in [2.45, 2.75) is 299 Å². The summed E-state index contributed by atoms with van der Waals surface area (Å²) >= 11 is 5.74. The molecule has 16 aliphatic rings. The zero-order valence-corrected chi connectivity index (χ0v) is 78.6. The van der Waals surface area contributed by atoms with Crippen molar-refractivity contribution in [1.29, 1.82) is 0 Å². The number of hydrogen-bond donors (Lipinski definition) is 3. The first-order chi connectivity index (χ1) is 56.3. The molecule has 17 atom stereocenters. The number of Topliss-reactive ketones (excluding diaryl/α,β-unsaturated/α-hetero) is 3. The van der Waals surface area contributed by atoms with Crippen molar-refractivity contribution in [3.8, 4) is 0 Å². The molecule has 0 aromatic carbocycles. The molecule has 2 heterocycles. The van der Waals surface area contributed by atoms with Crippen LogP contribution in [0.4, 0.5) is 0 Å². The third-order valence-corrected chi connectivity index (χ3v) is 33.9. The molecule has 0 radical (unpaired) electrons. The Balaban J connectivity index is 0.000000206. The van der Waals surface area contributed by atoms with E-state index in [0.29, 0.717) is 61.3 Å². The molecule has 0 bridgehead atoms. The number of rotatable bonds is 2. The molecule has 6 fully saturated rings. The molecule has 15 aliphatic carbocycles. The van der Waals surface area contributed by atoms with Crippen molar-refractivity contribution < 1.29 is 78.2 Å². The Kier molecular flexibility index (Phi) is 31.5. The fourth-order valence-electron chi connectivity index (χ4n) is 28.2. The van der Waals surface area contributed by atoms with Gasteiger partial charge in [-0.15, -0.1) is 35.6 Å². The molecule has 6 saturated carbocycles. The molecule has 124 heavy (non-hydrogen) atoms. The number of carbonyl (C=O) groups excluding carboxylic acids is 7. The number of carboxylic acid groups (broad SMARTS) is 1. The molecule has 0 spiro atoms. The molecule has 25 heteroatoms. The number of fused-ring (bicyclic) bond motifs is 17. The topological polar surface area (TPSA) is 321 Å². The number of oxime groups is 1. The van der Waals surface area contributed by atoms with Crippen molar-refractivity contribution in [3.05, 3.63) is 145 Å². The predicted molar refractivity (Wildman–Crippen MR) is 480 cm³/mol. The van der Waals surface area contributed by atoms with E-state index >= 15 is 0 Å². The van der Waals surface area contributed by atoms with Crippen LogP contribution in [0, 0.1) is 131 Å². The van der Waals surface area contributed by atoms with Crippen LogP contribution in [0.5, 0.6) is 0 Å². The van der Waals surface area contributed by atoms with Crippen LogP contribution in [-0.2, 0) is 80.4 Å². The van der Waals surface area contributed by atoms with Crippen LogP contribution in [0.1, 0.15) is 292 Å². The van der Waals surface area contributed by atoms with Gasteiger partial charge in [0.1, 0.15) is 11.9 Å². The molecule has 2 unspecified atom stereocenters. The number of halogens is 3. The van der Waals surface area contributed by atoms with Gasteiger partial charge in [0.25, 0.3) is 6.47 Å². The fraction of sp³-hybridized carbons (Fsp3) is 0.687. The monoisotopic (exact) mass is 1810 g/mol. The van der Waals surface area contributed by atoms with E-state index in [2.05, 4.69) is 114 Å². The summed E-state index contributed by atoms with van der Waals surface area (Å²) < 4.78 is 31.3. The number of nitrogens with zero attached hydrogens (tertiary/aromatic N) is 5. The Morgan fingerprint density at radius 1 is 0.508 bits per heavy atom. The van der Waals surface area contributed by atoms with Gasteiger partial charge in [-0.3, -0.25) is 24.0 Å². The van der Waals surface area contributed by atoms with Gasteiger partial charge in [-0.1, -0.05) is 202 Å². The number of aromatic nitrogens is 1. The first-order valence-electron chi connectivity index (χ1n) is 43.5. The second-order valence-electron chi connectivity index (χ2n) is 42.4. The quantitative estimate of drug-likeness (QED) is 0.107. The molecule has 680 valence electrons. The Morgan fingerprint density at radius 2 is 0.863 bits per heavy atom. The average Bonchev–Trinajstić information content (AvgIpc) is 0.963. The Morgan fingerprint density at radius 3 is 1.27 bits per heavy atom. The van der Waals surface area contributed by atoms with Gasteiger partial charge in [-0.2, -0.15) is 0 Å². The summed E-state index contributed by atoms with van der Waals surface area (Å²) in [5, 5.41) is 15.3. The molecule has 0 amide bonds. The molecule has 17 rings (SSSR count). The van der Waals surface area contributed by atoms with E-state index in [1.165, 1.54) is 56.1 Å². The molecular weight excluding hydrogens is 1670 g/mol. The van der Waals surface area contributed by atoms with Gasteiger partial charge in [0.2, 0.25) is 17.1 Å². The summed E-state index contributed by atoms with van der Waals surface area (Å²) in [5.41, 5.74) is 18.7. The van der Waals surface area contributed by atoms with Crippen LogP contribution in [0.3, 0.4) is 0 Å². The molecule has 0 saturated heterocycles. The number of nitrogens with two attached hydrogens (primary N) is 2. The zero-order chi connectivity index (χ0) is 90.0. The molecule has 21 nitrogen and oxygen atoms in total. The van der Waals surface area contributed by atoms with Crippen LogP contribution < -0.4 is 11.5 Å². The van der Waals surface area contributed by atoms with Crippen molar-refractivity contribution in [1.82, 2.24) is 5.16 Å². The summed E-state index contributed by atoms with van der Waals surface area (Å²) in [6.07, 6.45) is 42.5. The van der Waals surface area contributed by atoms with E-state index in [-0.39, 0.29) is 163 Å². The van der Waals surface area contributed by atoms with E-state index in [0.717, 1.165) is 106 Å². The summed E-state index contributed by atoms with van der Waals surface area (Å²) in [6, 6.07) is 0. The van der Waals surface area contributed by atoms with Crippen molar-refractivity contribution in [3.63, 3.8) is 0 Å². The number of alkyl halides is 2. The molecule has 5 N–H and O–H groups in total. The second kappa shape index (κ2) is 37.6. The molecule has 1 aromatic rings. The maximum atomic E-state index is 12.7. The number of ketones is 7. The van der Waals surface area contributed by atoms with Gasteiger partial charge in [0.05, 0.1) is 37.5 Å². The number of allylic oxidation sites excluding steroid dienone is 14. The maximum absolute atomic E-state index is 12.7. The van der Waals surface area contributed by atoms with Crippen molar-refractivity contribution in [2.75, 3.05) is 18.4 Å². The predicted octanol–water partition coefficient (Wildman–Crippen LogP) is 21.8. The summed E-state index contributed by atoms with van der Waals surface area (Å²) in [6.45, 7) is 62.4. The third-order valence-electron chi connectivity index (χ3n) is 33.9. The molecule has 1 aliphatic heterocycles. The Bertz CT molecular complexity index is 4830. The van der Waals surface area contributed by atoms with Crippen molar-refractivity contribution >= 4 is 88.8 Å². The zero-order valence-electron chi connectivity index (χ0n) is 75.0. The second-order valence-corrected chi connectivity index (χ2v) is 43.9. The van der Waals surface area contributed by atoms with Gasteiger partial charge in [-0.05, 0) is 203 Å². The normalized spacial score (nSPS) is 37.5. The minimum atomic E-state index is -3.79. The van der Waals surface area contributed by atoms with Crippen LogP contribution in [0.15, 0.2) is 109 Å². The van der Waals surface area contributed by atoms with Gasteiger partial charge < -0.3 is 40.3 Å². The van der Waals surface area contributed by atoms with Crippen LogP contribution in [0.2, 0.25) is 0 Å². The van der Waals surface area contributed by atoms with Crippen LogP contribution in [-0.4, -0.2) is 88.0 Å². The summed E-state index contributed by atoms with van der Waals surface area (Å²) in [7, 11) is 0. The molecular formula is C99H138Cl3CrN7O14. The Hall–Kier alpha value is -7.05. The van der Waals surface area contributed by atoms with Gasteiger partial charge >= 0.3 is 25.4 Å². The minimum absolute atomic E-state index is 0. The van der Waals surface area contributed by atoms with Crippen LogP contribution >= 0.6 is 35.6 Å². The third kappa shape index (κ3) is 17.8.